The third-order valence-electron chi connectivity index (χ3n) is 2.09. The van der Waals surface area contributed by atoms with Crippen LogP contribution in [0.1, 0.15) is 5.69 Å². The molecule has 7 nitrogen and oxygen atoms in total. The summed E-state index contributed by atoms with van der Waals surface area (Å²) in [6.07, 6.45) is 2.92. The smallest absolute Gasteiger partial charge is 0.299 e. The highest BCUT2D eigenvalue weighted by Crippen LogP contribution is 2.22. The molecule has 0 fully saturated rings. The summed E-state index contributed by atoms with van der Waals surface area (Å²) in [4.78, 5) is 19.1. The van der Waals surface area contributed by atoms with Gasteiger partial charge >= 0.3 is 0 Å². The van der Waals surface area contributed by atoms with E-state index in [-0.39, 0.29) is 5.88 Å². The molecule has 0 N–H and O–H groups in total. The van der Waals surface area contributed by atoms with Gasteiger partial charge in [-0.1, -0.05) is 16.8 Å². The number of carbonyl (C=O) groups is 1. The molecule has 98 valence electrons. The van der Waals surface area contributed by atoms with Crippen LogP contribution >= 0.6 is 11.6 Å². The molecule has 2 heterocycles. The zero-order valence-electron chi connectivity index (χ0n) is 9.86. The topological polar surface area (TPSA) is 78.6 Å². The minimum atomic E-state index is 0.174. The van der Waals surface area contributed by atoms with Crippen LogP contribution < -0.4 is 4.74 Å². The lowest BCUT2D eigenvalue weighted by molar-refractivity contribution is -0.121. The maximum Gasteiger partial charge on any atom is 0.299 e. The summed E-state index contributed by atoms with van der Waals surface area (Å²) in [6.45, 7) is 0.293. The normalized spacial score (nSPS) is 10.6. The Balaban J connectivity index is 2.48. The molecule has 0 radical (unpaired) electrons. The Morgan fingerprint density at radius 2 is 2.37 bits per heavy atom. The van der Waals surface area contributed by atoms with Gasteiger partial charge in [0.15, 0.2) is 5.82 Å². The number of rotatable bonds is 5. The van der Waals surface area contributed by atoms with E-state index in [0.717, 1.165) is 0 Å². The van der Waals surface area contributed by atoms with Crippen LogP contribution in [0.5, 0.6) is 5.88 Å². The Labute approximate surface area is 113 Å². The van der Waals surface area contributed by atoms with Crippen LogP contribution in [0.25, 0.3) is 5.82 Å². The van der Waals surface area contributed by atoms with Gasteiger partial charge in [0.05, 0.1) is 11.2 Å². The average Bonchev–Trinajstić information content (AvgIpc) is 2.80. The number of hydrogen-bond donors (Lipinski definition) is 0. The van der Waals surface area contributed by atoms with Crippen molar-refractivity contribution in [2.24, 2.45) is 5.16 Å². The highest BCUT2D eigenvalue weighted by molar-refractivity contribution is 6.32. The highest BCUT2D eigenvalue weighted by Gasteiger charge is 2.13. The number of carbonyl (C=O) groups excluding carboxylic acids is 1. The number of halogens is 1. The van der Waals surface area contributed by atoms with Gasteiger partial charge in [-0.15, -0.1) is 0 Å². The van der Waals surface area contributed by atoms with Crippen molar-refractivity contribution in [1.82, 2.24) is 14.8 Å². The van der Waals surface area contributed by atoms with Gasteiger partial charge < -0.3 is 9.57 Å². The van der Waals surface area contributed by atoms with Gasteiger partial charge in [0.25, 0.3) is 6.47 Å². The fraction of sp³-hybridized carbons (Fsp3) is 0.0909. The number of hydrogen-bond acceptors (Lipinski definition) is 6. The Kier molecular flexibility index (Phi) is 4.09. The molecule has 8 heteroatoms. The molecule has 0 saturated heterocycles. The van der Waals surface area contributed by atoms with Crippen LogP contribution in [-0.2, 0) is 9.63 Å². The highest BCUT2D eigenvalue weighted by atomic mass is 35.5. The summed E-state index contributed by atoms with van der Waals surface area (Å²) in [5, 5.41) is 8.10. The van der Waals surface area contributed by atoms with Gasteiger partial charge in [-0.3, -0.25) is 4.79 Å². The van der Waals surface area contributed by atoms with Crippen molar-refractivity contribution >= 4 is 24.3 Å². The first kappa shape index (κ1) is 13.0. The van der Waals surface area contributed by atoms with Crippen LogP contribution in [0.2, 0.25) is 5.02 Å². The molecule has 0 bridgehead atoms. The summed E-state index contributed by atoms with van der Waals surface area (Å²) in [5.74, 6) is 0.520. The number of nitrogens with zero attached hydrogens (tertiary/aromatic N) is 4. The van der Waals surface area contributed by atoms with Crippen molar-refractivity contribution in [1.29, 1.82) is 0 Å². The van der Waals surface area contributed by atoms with E-state index in [1.807, 2.05) is 0 Å². The maximum atomic E-state index is 10.5. The third-order valence-corrected chi connectivity index (χ3v) is 2.39. The van der Waals surface area contributed by atoms with E-state index in [2.05, 4.69) is 20.1 Å². The number of ether oxygens (including phenoxy) is 1. The maximum absolute atomic E-state index is 10.5. The third kappa shape index (κ3) is 2.89. The molecule has 0 atom stereocenters. The van der Waals surface area contributed by atoms with Crippen LogP contribution in [0.4, 0.5) is 0 Å². The molecule has 0 aliphatic carbocycles. The van der Waals surface area contributed by atoms with E-state index in [1.165, 1.54) is 24.1 Å². The van der Waals surface area contributed by atoms with E-state index < -0.39 is 0 Å². The largest absolute Gasteiger partial charge is 0.409 e. The molecule has 0 aliphatic rings. The Morgan fingerprint density at radius 3 is 3.05 bits per heavy atom. The molecule has 2 aromatic heterocycles. The summed E-state index contributed by atoms with van der Waals surface area (Å²) in [6, 6.07) is 4.84. The van der Waals surface area contributed by atoms with E-state index in [4.69, 9.17) is 16.3 Å². The number of aromatic nitrogens is 3. The summed E-state index contributed by atoms with van der Waals surface area (Å²) in [5.41, 5.74) is 0.431. The van der Waals surface area contributed by atoms with Crippen LogP contribution in [0.15, 0.2) is 29.6 Å². The molecular weight excluding hydrogens is 272 g/mol. The van der Waals surface area contributed by atoms with Crippen molar-refractivity contribution in [3.63, 3.8) is 0 Å². The molecule has 0 spiro atoms. The van der Waals surface area contributed by atoms with Crippen molar-refractivity contribution in [3.8, 4) is 11.7 Å². The molecule has 0 aromatic carbocycles. The molecule has 2 aromatic rings. The fourth-order valence-electron chi connectivity index (χ4n) is 1.37. The Bertz CT molecular complexity index is 612. The summed E-state index contributed by atoms with van der Waals surface area (Å²) >= 11 is 6.02. The van der Waals surface area contributed by atoms with E-state index >= 15 is 0 Å². The van der Waals surface area contributed by atoms with Gasteiger partial charge in [0, 0.05) is 12.3 Å². The second-order valence-electron chi connectivity index (χ2n) is 3.26. The fourth-order valence-corrected chi connectivity index (χ4v) is 1.57. The predicted molar refractivity (Wildman–Crippen MR) is 67.7 cm³/mol. The molecule has 0 aliphatic heterocycles. The van der Waals surface area contributed by atoms with Crippen LogP contribution in [-0.4, -0.2) is 34.6 Å². The number of pyridine rings is 1. The second-order valence-corrected chi connectivity index (χ2v) is 3.67. The first-order valence-corrected chi connectivity index (χ1v) is 5.52. The monoisotopic (exact) mass is 280 g/mol. The quantitative estimate of drug-likeness (QED) is 0.470. The predicted octanol–water partition coefficient (Wildman–Crippen LogP) is 1.44. The van der Waals surface area contributed by atoms with Crippen LogP contribution in [0.3, 0.4) is 0 Å². The van der Waals surface area contributed by atoms with Crippen molar-refractivity contribution < 1.29 is 14.4 Å². The summed E-state index contributed by atoms with van der Waals surface area (Å²) in [7, 11) is 1.41. The van der Waals surface area contributed by atoms with Gasteiger partial charge in [0.1, 0.15) is 12.8 Å². The van der Waals surface area contributed by atoms with Gasteiger partial charge in [-0.05, 0) is 12.1 Å². The van der Waals surface area contributed by atoms with E-state index in [1.54, 1.807) is 18.3 Å². The van der Waals surface area contributed by atoms with Crippen molar-refractivity contribution in [2.45, 2.75) is 0 Å². The Morgan fingerprint density at radius 1 is 1.53 bits per heavy atom. The van der Waals surface area contributed by atoms with E-state index in [0.29, 0.717) is 23.0 Å². The van der Waals surface area contributed by atoms with E-state index in [9.17, 15) is 4.79 Å². The van der Waals surface area contributed by atoms with Crippen LogP contribution in [0, 0.1) is 0 Å². The van der Waals surface area contributed by atoms with Crippen molar-refractivity contribution in [2.75, 3.05) is 7.11 Å². The van der Waals surface area contributed by atoms with Gasteiger partial charge in [-0.25, -0.2) is 4.98 Å². The van der Waals surface area contributed by atoms with Gasteiger partial charge in [-0.2, -0.15) is 9.78 Å². The first-order valence-electron chi connectivity index (χ1n) is 5.14. The molecule has 0 saturated carbocycles. The number of oxime groups is 1. The minimum Gasteiger partial charge on any atom is -0.409 e. The molecule has 2 rings (SSSR count). The summed E-state index contributed by atoms with van der Waals surface area (Å²) < 4.78 is 6.13. The molecule has 0 unspecified atom stereocenters. The average molecular weight is 281 g/mol. The molecule has 0 amide bonds. The zero-order valence-corrected chi connectivity index (χ0v) is 10.6. The zero-order chi connectivity index (χ0) is 13.7. The van der Waals surface area contributed by atoms with Gasteiger partial charge in [0.2, 0.25) is 5.88 Å². The minimum absolute atomic E-state index is 0.174. The molecular formula is C11H9ClN4O3. The Hall–Kier alpha value is -2.41. The van der Waals surface area contributed by atoms with Crippen molar-refractivity contribution in [3.05, 3.63) is 35.1 Å². The lowest BCUT2D eigenvalue weighted by Gasteiger charge is -2.04. The standard InChI is InChI=1S/C11H9ClN4O3/c1-18-14-6-8-5-10(19-7-17)16(15-8)11-9(12)3-2-4-13-11/h2-7H,1H3. The SMILES string of the molecule is CON=Cc1cc(OC=O)n(-c2ncccc2Cl)n1. The second kappa shape index (κ2) is 5.96. The lowest BCUT2D eigenvalue weighted by atomic mass is 10.4. The molecule has 19 heavy (non-hydrogen) atoms. The first-order chi connectivity index (χ1) is 9.26. The lowest BCUT2D eigenvalue weighted by Crippen LogP contribution is -2.04.